The summed E-state index contributed by atoms with van der Waals surface area (Å²) in [5.74, 6) is 0.322. The molecule has 2 aromatic rings. The van der Waals surface area contributed by atoms with Crippen molar-refractivity contribution in [3.63, 3.8) is 0 Å². The summed E-state index contributed by atoms with van der Waals surface area (Å²) in [7, 11) is 0. The maximum absolute atomic E-state index is 12.1. The topological polar surface area (TPSA) is 47.9 Å². The average Bonchev–Trinajstić information content (AvgIpc) is 2.91. The van der Waals surface area contributed by atoms with Crippen LogP contribution in [-0.4, -0.2) is 18.5 Å². The maximum Gasteiger partial charge on any atom is 0.363 e. The number of halogens is 2. The first-order valence-electron chi connectivity index (χ1n) is 7.27. The number of carbonyl (C=O) groups is 1. The zero-order valence-electron chi connectivity index (χ0n) is 12.8. The van der Waals surface area contributed by atoms with Crippen molar-refractivity contribution in [3.8, 4) is 5.75 Å². The van der Waals surface area contributed by atoms with E-state index < -0.39 is 5.97 Å². The summed E-state index contributed by atoms with van der Waals surface area (Å²) in [6.07, 6.45) is 1.64. The molecule has 0 unspecified atom stereocenters. The summed E-state index contributed by atoms with van der Waals surface area (Å²) >= 11 is 12.1. The molecule has 2 aromatic carbocycles. The van der Waals surface area contributed by atoms with Gasteiger partial charge in [0.05, 0.1) is 17.2 Å². The van der Waals surface area contributed by atoms with Crippen molar-refractivity contribution in [2.45, 2.75) is 6.92 Å². The number of hydrogen-bond acceptors (Lipinski definition) is 4. The van der Waals surface area contributed by atoms with Crippen LogP contribution in [0.1, 0.15) is 18.1 Å². The Morgan fingerprint density at radius 2 is 2.04 bits per heavy atom. The van der Waals surface area contributed by atoms with Crippen LogP contribution in [0.3, 0.4) is 0 Å². The quantitative estimate of drug-likeness (QED) is 0.583. The first-order chi connectivity index (χ1) is 11.6. The molecule has 6 heteroatoms. The molecule has 0 radical (unpaired) electrons. The fourth-order valence-corrected chi connectivity index (χ4v) is 2.57. The number of hydrogen-bond donors (Lipinski definition) is 0. The molecule has 1 aliphatic rings. The van der Waals surface area contributed by atoms with Crippen molar-refractivity contribution in [3.05, 3.63) is 69.3 Å². The van der Waals surface area contributed by atoms with Crippen molar-refractivity contribution >= 4 is 41.1 Å². The number of aliphatic imine (C=N–C) groups is 1. The van der Waals surface area contributed by atoms with Crippen molar-refractivity contribution < 1.29 is 14.3 Å². The molecule has 0 atom stereocenters. The Bertz CT molecular complexity index is 859. The van der Waals surface area contributed by atoms with Crippen LogP contribution in [0.25, 0.3) is 6.08 Å². The number of nitrogens with zero attached hydrogens (tertiary/aromatic N) is 1. The van der Waals surface area contributed by atoms with Gasteiger partial charge in [0.2, 0.25) is 5.90 Å². The monoisotopic (exact) mass is 361 g/mol. The molecule has 0 aromatic heterocycles. The second-order valence-corrected chi connectivity index (χ2v) is 5.81. The Hall–Kier alpha value is -2.30. The highest BCUT2D eigenvalue weighted by Gasteiger charge is 2.25. The lowest BCUT2D eigenvalue weighted by molar-refractivity contribution is -0.129. The lowest BCUT2D eigenvalue weighted by Crippen LogP contribution is -2.06. The summed E-state index contributed by atoms with van der Waals surface area (Å²) in [5.41, 5.74) is 1.45. The molecular weight excluding hydrogens is 349 g/mol. The van der Waals surface area contributed by atoms with Gasteiger partial charge < -0.3 is 9.47 Å². The van der Waals surface area contributed by atoms with Gasteiger partial charge in [0.25, 0.3) is 0 Å². The Balaban J connectivity index is 1.94. The van der Waals surface area contributed by atoms with Gasteiger partial charge in [0, 0.05) is 5.02 Å². The molecule has 3 rings (SSSR count). The van der Waals surface area contributed by atoms with Gasteiger partial charge >= 0.3 is 5.97 Å². The summed E-state index contributed by atoms with van der Waals surface area (Å²) in [4.78, 5) is 16.3. The summed E-state index contributed by atoms with van der Waals surface area (Å²) in [6, 6.07) is 12.2. The smallest absolute Gasteiger partial charge is 0.363 e. The summed E-state index contributed by atoms with van der Waals surface area (Å²) in [6.45, 7) is 2.47. The van der Waals surface area contributed by atoms with Crippen molar-refractivity contribution in [1.82, 2.24) is 0 Å². The lowest BCUT2D eigenvalue weighted by atomic mass is 10.2. The third-order valence-corrected chi connectivity index (χ3v) is 3.82. The largest absolute Gasteiger partial charge is 0.494 e. The Kier molecular flexibility index (Phi) is 4.88. The highest BCUT2D eigenvalue weighted by Crippen LogP contribution is 2.26. The molecule has 24 heavy (non-hydrogen) atoms. The van der Waals surface area contributed by atoms with Crippen LogP contribution in [0.2, 0.25) is 10.0 Å². The lowest BCUT2D eigenvalue weighted by Gasteiger charge is -2.03. The van der Waals surface area contributed by atoms with E-state index >= 15 is 0 Å². The van der Waals surface area contributed by atoms with Crippen molar-refractivity contribution in [2.75, 3.05) is 6.61 Å². The minimum absolute atomic E-state index is 0.139. The van der Waals surface area contributed by atoms with Gasteiger partial charge in [-0.25, -0.2) is 9.79 Å². The van der Waals surface area contributed by atoms with Gasteiger partial charge in [-0.1, -0.05) is 35.3 Å². The number of ether oxygens (including phenoxy) is 2. The predicted molar refractivity (Wildman–Crippen MR) is 94.7 cm³/mol. The van der Waals surface area contributed by atoms with Crippen LogP contribution in [-0.2, 0) is 9.53 Å². The van der Waals surface area contributed by atoms with Crippen LogP contribution in [0.4, 0.5) is 0 Å². The second kappa shape index (κ2) is 7.07. The van der Waals surface area contributed by atoms with E-state index in [1.54, 1.807) is 24.3 Å². The average molecular weight is 362 g/mol. The third-order valence-electron chi connectivity index (χ3n) is 3.25. The molecule has 0 saturated carbocycles. The Labute approximate surface area is 149 Å². The third kappa shape index (κ3) is 3.61. The first kappa shape index (κ1) is 16.6. The molecule has 1 aliphatic heterocycles. The fourth-order valence-electron chi connectivity index (χ4n) is 2.20. The van der Waals surface area contributed by atoms with Crippen LogP contribution in [0.5, 0.6) is 5.75 Å². The SMILES string of the molecule is CCOc1cccc(C=C2N=C(c3cc(Cl)ccc3Cl)OC2=O)c1. The maximum atomic E-state index is 12.1. The number of esters is 1. The van der Waals surface area contributed by atoms with Gasteiger partial charge in [-0.2, -0.15) is 0 Å². The van der Waals surface area contributed by atoms with E-state index in [0.29, 0.717) is 22.2 Å². The van der Waals surface area contributed by atoms with Crippen LogP contribution < -0.4 is 4.74 Å². The molecule has 0 fully saturated rings. The number of carbonyl (C=O) groups excluding carboxylic acids is 1. The fraction of sp³-hybridized carbons (Fsp3) is 0.111. The molecule has 0 aliphatic carbocycles. The van der Waals surface area contributed by atoms with E-state index in [1.165, 1.54) is 0 Å². The molecule has 0 N–H and O–H groups in total. The molecule has 122 valence electrons. The molecular formula is C18H13Cl2NO3. The van der Waals surface area contributed by atoms with Crippen LogP contribution in [0.15, 0.2) is 53.2 Å². The van der Waals surface area contributed by atoms with E-state index in [1.807, 2.05) is 31.2 Å². The van der Waals surface area contributed by atoms with E-state index in [4.69, 9.17) is 32.7 Å². The Morgan fingerprint density at radius 3 is 2.83 bits per heavy atom. The van der Waals surface area contributed by atoms with E-state index in [9.17, 15) is 4.79 Å². The number of rotatable bonds is 4. The van der Waals surface area contributed by atoms with Gasteiger partial charge in [0.15, 0.2) is 5.70 Å². The second-order valence-electron chi connectivity index (χ2n) is 4.97. The predicted octanol–water partition coefficient (Wildman–Crippen LogP) is 4.74. The zero-order chi connectivity index (χ0) is 17.1. The molecule has 0 saturated heterocycles. The van der Waals surface area contributed by atoms with E-state index in [0.717, 1.165) is 11.3 Å². The first-order valence-corrected chi connectivity index (χ1v) is 8.03. The molecule has 1 heterocycles. The standard InChI is InChI=1S/C18H13Cl2NO3/c1-2-23-13-5-3-4-11(8-13)9-16-18(22)24-17(21-16)14-10-12(19)6-7-15(14)20/h3-10H,2H2,1H3. The molecule has 0 bridgehead atoms. The number of benzene rings is 2. The molecule has 0 amide bonds. The molecule has 4 nitrogen and oxygen atoms in total. The minimum Gasteiger partial charge on any atom is -0.494 e. The van der Waals surface area contributed by atoms with Crippen molar-refractivity contribution in [2.24, 2.45) is 4.99 Å². The van der Waals surface area contributed by atoms with Gasteiger partial charge in [-0.3, -0.25) is 0 Å². The highest BCUT2D eigenvalue weighted by molar-refractivity contribution is 6.36. The van der Waals surface area contributed by atoms with E-state index in [2.05, 4.69) is 4.99 Å². The van der Waals surface area contributed by atoms with Crippen LogP contribution in [0, 0.1) is 0 Å². The summed E-state index contributed by atoms with van der Waals surface area (Å²) in [5, 5.41) is 0.889. The van der Waals surface area contributed by atoms with E-state index in [-0.39, 0.29) is 11.6 Å². The minimum atomic E-state index is -0.539. The van der Waals surface area contributed by atoms with Gasteiger partial charge in [-0.15, -0.1) is 0 Å². The zero-order valence-corrected chi connectivity index (χ0v) is 14.3. The summed E-state index contributed by atoms with van der Waals surface area (Å²) < 4.78 is 10.7. The van der Waals surface area contributed by atoms with Crippen molar-refractivity contribution in [1.29, 1.82) is 0 Å². The van der Waals surface area contributed by atoms with Gasteiger partial charge in [0.1, 0.15) is 5.75 Å². The number of cyclic esters (lactones) is 1. The van der Waals surface area contributed by atoms with Crippen LogP contribution >= 0.6 is 23.2 Å². The molecule has 0 spiro atoms. The Morgan fingerprint density at radius 1 is 1.21 bits per heavy atom. The highest BCUT2D eigenvalue weighted by atomic mass is 35.5. The van der Waals surface area contributed by atoms with Gasteiger partial charge in [-0.05, 0) is 48.9 Å². The normalized spacial score (nSPS) is 15.4.